The van der Waals surface area contributed by atoms with Gasteiger partial charge in [0, 0.05) is 12.5 Å². The van der Waals surface area contributed by atoms with Crippen molar-refractivity contribution in [3.8, 4) is 5.75 Å². The second-order valence-corrected chi connectivity index (χ2v) is 3.15. The molecule has 0 saturated carbocycles. The Morgan fingerprint density at radius 3 is 2.53 bits per heavy atom. The predicted octanol–water partition coefficient (Wildman–Crippen LogP) is 0.0750. The zero-order valence-electron chi connectivity index (χ0n) is 8.57. The van der Waals surface area contributed by atoms with E-state index in [1.54, 1.807) is 19.2 Å². The van der Waals surface area contributed by atoms with Crippen LogP contribution in [-0.4, -0.2) is 13.0 Å². The average molecular weight is 209 g/mol. The molecule has 82 valence electrons. The molecular weight excluding hydrogens is 194 g/mol. The van der Waals surface area contributed by atoms with Crippen molar-refractivity contribution in [2.24, 2.45) is 11.6 Å². The highest BCUT2D eigenvalue weighted by Crippen LogP contribution is 2.17. The van der Waals surface area contributed by atoms with Crippen LogP contribution in [0.25, 0.3) is 0 Å². The van der Waals surface area contributed by atoms with Gasteiger partial charge in [-0.25, -0.2) is 5.84 Å². The first-order chi connectivity index (χ1) is 7.17. The number of hydrogen-bond donors (Lipinski definition) is 3. The molecule has 5 nitrogen and oxygen atoms in total. The van der Waals surface area contributed by atoms with Crippen LogP contribution < -0.4 is 21.7 Å². The van der Waals surface area contributed by atoms with Gasteiger partial charge in [-0.2, -0.15) is 0 Å². The number of methoxy groups -OCH3 is 1. The van der Waals surface area contributed by atoms with Crippen LogP contribution in [0.15, 0.2) is 24.3 Å². The van der Waals surface area contributed by atoms with Gasteiger partial charge in [-0.3, -0.25) is 10.2 Å². The van der Waals surface area contributed by atoms with E-state index >= 15 is 0 Å². The topological polar surface area (TPSA) is 90.4 Å². The normalized spacial score (nSPS) is 11.9. The highest BCUT2D eigenvalue weighted by molar-refractivity contribution is 5.76. The first kappa shape index (κ1) is 11.5. The van der Waals surface area contributed by atoms with Crippen molar-refractivity contribution in [2.75, 3.05) is 7.11 Å². The Balaban J connectivity index is 2.65. The van der Waals surface area contributed by atoms with Gasteiger partial charge in [-0.15, -0.1) is 0 Å². The summed E-state index contributed by atoms with van der Waals surface area (Å²) < 4.78 is 5.01. The quantitative estimate of drug-likeness (QED) is 0.372. The maximum Gasteiger partial charge on any atom is 0.235 e. The molecule has 0 heterocycles. The minimum absolute atomic E-state index is 0.169. The lowest BCUT2D eigenvalue weighted by atomic mass is 10.0. The molecule has 0 fully saturated rings. The number of carbonyl (C=O) groups excluding carboxylic acids is 1. The molecule has 5 heteroatoms. The zero-order valence-corrected chi connectivity index (χ0v) is 8.57. The Morgan fingerprint density at radius 1 is 1.47 bits per heavy atom. The number of ether oxygens (including phenoxy) is 1. The monoisotopic (exact) mass is 209 g/mol. The van der Waals surface area contributed by atoms with E-state index in [0.29, 0.717) is 0 Å². The first-order valence-corrected chi connectivity index (χ1v) is 4.56. The maximum absolute atomic E-state index is 11.0. The number of nitrogens with one attached hydrogen (secondary N) is 1. The summed E-state index contributed by atoms with van der Waals surface area (Å²) in [7, 11) is 1.59. The molecule has 1 amide bonds. The second kappa shape index (κ2) is 5.33. The number of hydrogen-bond acceptors (Lipinski definition) is 4. The van der Waals surface area contributed by atoms with Crippen LogP contribution in [-0.2, 0) is 4.79 Å². The van der Waals surface area contributed by atoms with Crippen molar-refractivity contribution < 1.29 is 9.53 Å². The molecule has 0 spiro atoms. The molecular formula is C10H15N3O2. The van der Waals surface area contributed by atoms with E-state index in [1.165, 1.54) is 0 Å². The van der Waals surface area contributed by atoms with Crippen molar-refractivity contribution in [1.29, 1.82) is 0 Å². The van der Waals surface area contributed by atoms with Gasteiger partial charge in [0.05, 0.1) is 7.11 Å². The van der Waals surface area contributed by atoms with Gasteiger partial charge in [-0.1, -0.05) is 12.1 Å². The van der Waals surface area contributed by atoms with Gasteiger partial charge in [0.2, 0.25) is 5.91 Å². The molecule has 1 rings (SSSR count). The lowest BCUT2D eigenvalue weighted by Crippen LogP contribution is -2.32. The Labute approximate surface area is 88.4 Å². The van der Waals surface area contributed by atoms with Crippen molar-refractivity contribution in [2.45, 2.75) is 12.5 Å². The van der Waals surface area contributed by atoms with Crippen LogP contribution in [0.3, 0.4) is 0 Å². The van der Waals surface area contributed by atoms with Crippen LogP contribution in [0.2, 0.25) is 0 Å². The van der Waals surface area contributed by atoms with Crippen molar-refractivity contribution in [1.82, 2.24) is 5.43 Å². The van der Waals surface area contributed by atoms with E-state index in [0.717, 1.165) is 11.3 Å². The third-order valence-electron chi connectivity index (χ3n) is 2.11. The molecule has 0 bridgehead atoms. The fraction of sp³-hybridized carbons (Fsp3) is 0.300. The van der Waals surface area contributed by atoms with Crippen molar-refractivity contribution in [3.63, 3.8) is 0 Å². The summed E-state index contributed by atoms with van der Waals surface area (Å²) in [4.78, 5) is 11.0. The molecule has 0 aliphatic heterocycles. The molecule has 0 aromatic heterocycles. The van der Waals surface area contributed by atoms with Gasteiger partial charge in [0.25, 0.3) is 0 Å². The van der Waals surface area contributed by atoms with Crippen molar-refractivity contribution in [3.05, 3.63) is 29.8 Å². The molecule has 1 aromatic rings. The smallest absolute Gasteiger partial charge is 0.235 e. The number of rotatable bonds is 4. The summed E-state index contributed by atoms with van der Waals surface area (Å²) >= 11 is 0. The second-order valence-electron chi connectivity index (χ2n) is 3.15. The number of benzene rings is 1. The van der Waals surface area contributed by atoms with Crippen molar-refractivity contribution >= 4 is 5.91 Å². The Morgan fingerprint density at radius 2 is 2.07 bits per heavy atom. The van der Waals surface area contributed by atoms with Gasteiger partial charge in [0.15, 0.2) is 0 Å². The summed E-state index contributed by atoms with van der Waals surface area (Å²) in [5, 5.41) is 0. The third kappa shape index (κ3) is 3.23. The fourth-order valence-corrected chi connectivity index (χ4v) is 1.23. The molecule has 15 heavy (non-hydrogen) atoms. The average Bonchev–Trinajstić information content (AvgIpc) is 2.29. The minimum atomic E-state index is -0.348. The van der Waals surface area contributed by atoms with Crippen LogP contribution in [0, 0.1) is 0 Å². The lowest BCUT2D eigenvalue weighted by Gasteiger charge is -2.11. The maximum atomic E-state index is 11.0. The number of carbonyl (C=O) groups is 1. The summed E-state index contributed by atoms with van der Waals surface area (Å²) in [5.41, 5.74) is 8.72. The molecule has 0 aliphatic carbocycles. The third-order valence-corrected chi connectivity index (χ3v) is 2.11. The summed E-state index contributed by atoms with van der Waals surface area (Å²) in [6.45, 7) is 0. The van der Waals surface area contributed by atoms with E-state index < -0.39 is 0 Å². The van der Waals surface area contributed by atoms with Crippen LogP contribution in [0.4, 0.5) is 0 Å². The van der Waals surface area contributed by atoms with Gasteiger partial charge in [-0.05, 0) is 17.7 Å². The predicted molar refractivity (Wildman–Crippen MR) is 56.9 cm³/mol. The van der Waals surface area contributed by atoms with E-state index in [1.807, 2.05) is 17.6 Å². The summed E-state index contributed by atoms with van der Waals surface area (Å²) in [5.74, 6) is 5.45. The summed E-state index contributed by atoms with van der Waals surface area (Å²) in [6, 6.07) is 6.91. The van der Waals surface area contributed by atoms with Crippen LogP contribution in [0.1, 0.15) is 18.0 Å². The molecule has 5 N–H and O–H groups in total. The minimum Gasteiger partial charge on any atom is -0.497 e. The molecule has 0 radical (unpaired) electrons. The van der Waals surface area contributed by atoms with Gasteiger partial charge < -0.3 is 10.5 Å². The number of nitrogens with two attached hydrogens (primary N) is 2. The molecule has 0 saturated heterocycles. The van der Waals surface area contributed by atoms with Crippen LogP contribution >= 0.6 is 0 Å². The molecule has 1 atom stereocenters. The summed E-state index contributed by atoms with van der Waals surface area (Å²) in [6.07, 6.45) is 0.169. The fourth-order valence-electron chi connectivity index (χ4n) is 1.23. The molecule has 1 aromatic carbocycles. The zero-order chi connectivity index (χ0) is 11.3. The Kier molecular flexibility index (Phi) is 4.08. The standard InChI is InChI=1S/C10H15N3O2/c1-15-8-4-2-7(3-5-8)9(11)6-10(14)13-12/h2-5,9H,6,11-12H2,1H3,(H,13,14). The van der Waals surface area contributed by atoms with E-state index in [2.05, 4.69) is 0 Å². The van der Waals surface area contributed by atoms with Crippen LogP contribution in [0.5, 0.6) is 5.75 Å². The van der Waals surface area contributed by atoms with E-state index in [4.69, 9.17) is 16.3 Å². The Hall–Kier alpha value is -1.59. The van der Waals surface area contributed by atoms with E-state index in [9.17, 15) is 4.79 Å². The largest absolute Gasteiger partial charge is 0.497 e. The first-order valence-electron chi connectivity index (χ1n) is 4.56. The highest BCUT2D eigenvalue weighted by Gasteiger charge is 2.10. The SMILES string of the molecule is COc1ccc(C(N)CC(=O)NN)cc1. The van der Waals surface area contributed by atoms with Gasteiger partial charge in [0.1, 0.15) is 5.75 Å². The highest BCUT2D eigenvalue weighted by atomic mass is 16.5. The molecule has 0 aliphatic rings. The van der Waals surface area contributed by atoms with E-state index in [-0.39, 0.29) is 18.4 Å². The Bertz CT molecular complexity index is 324. The van der Waals surface area contributed by atoms with Gasteiger partial charge >= 0.3 is 0 Å². The number of amides is 1. The lowest BCUT2D eigenvalue weighted by molar-refractivity contribution is -0.121. The number of hydrazine groups is 1. The molecule has 1 unspecified atom stereocenters.